The number of non-ortho nitro benzene ring substituents is 1. The number of nitrogens with zero attached hydrogens (tertiary/aromatic N) is 4. The van der Waals surface area contributed by atoms with E-state index in [2.05, 4.69) is 20.1 Å². The smallest absolute Gasteiger partial charge is 0.269 e. The summed E-state index contributed by atoms with van der Waals surface area (Å²) >= 11 is 1.35. The van der Waals surface area contributed by atoms with E-state index in [-0.39, 0.29) is 11.6 Å². The van der Waals surface area contributed by atoms with E-state index in [1.165, 1.54) is 55.3 Å². The molecule has 8 nitrogen and oxygen atoms in total. The minimum atomic E-state index is -0.468. The van der Waals surface area contributed by atoms with Gasteiger partial charge in [0, 0.05) is 29.4 Å². The van der Waals surface area contributed by atoms with Gasteiger partial charge in [-0.1, -0.05) is 49.2 Å². The molecule has 4 rings (SSSR count). The van der Waals surface area contributed by atoms with Crippen LogP contribution in [-0.4, -0.2) is 30.8 Å². The summed E-state index contributed by atoms with van der Waals surface area (Å²) in [5.41, 5.74) is 1.49. The third-order valence-corrected chi connectivity index (χ3v) is 6.68. The van der Waals surface area contributed by atoms with Crippen molar-refractivity contribution < 1.29 is 9.72 Å². The van der Waals surface area contributed by atoms with Crippen molar-refractivity contribution in [3.63, 3.8) is 0 Å². The van der Waals surface area contributed by atoms with E-state index in [9.17, 15) is 14.9 Å². The number of benzene rings is 2. The minimum Gasteiger partial charge on any atom is -0.325 e. The number of hydrogen-bond donors (Lipinski definition) is 1. The van der Waals surface area contributed by atoms with E-state index in [1.54, 1.807) is 0 Å². The number of amides is 1. The number of nitrogens with one attached hydrogen (secondary N) is 1. The summed E-state index contributed by atoms with van der Waals surface area (Å²) in [5.74, 6) is 1.13. The standard InChI is InChI=1S/C23H25N5O3S/c1-16(22(29)24-18-12-14-20(15-13-18)28(30)31)32-23-26-25-21(17-8-4-2-5-9-17)27(23)19-10-6-3-7-11-19/h3,6-7,10-17H,2,4-5,8-9H2,1H3,(H,24,29)/t16-/m0/s1. The molecule has 9 heteroatoms. The molecule has 1 heterocycles. The number of carbonyl (C=O) groups excluding carboxylic acids is 1. The van der Waals surface area contributed by atoms with Gasteiger partial charge in [-0.05, 0) is 44.0 Å². The number of para-hydroxylation sites is 1. The van der Waals surface area contributed by atoms with Gasteiger partial charge >= 0.3 is 0 Å². The van der Waals surface area contributed by atoms with Crippen LogP contribution in [0.1, 0.15) is 50.8 Å². The van der Waals surface area contributed by atoms with Gasteiger partial charge in [0.25, 0.3) is 5.69 Å². The molecular formula is C23H25N5O3S. The molecule has 0 bridgehead atoms. The van der Waals surface area contributed by atoms with Gasteiger partial charge < -0.3 is 5.32 Å². The molecule has 0 unspecified atom stereocenters. The van der Waals surface area contributed by atoms with E-state index in [4.69, 9.17) is 0 Å². The molecule has 0 saturated heterocycles. The molecule has 3 aromatic rings. The SMILES string of the molecule is C[C@H](Sc1nnc(C2CCCCC2)n1-c1ccccc1)C(=O)Nc1ccc([N+](=O)[O-])cc1. The van der Waals surface area contributed by atoms with Crippen LogP contribution >= 0.6 is 11.8 Å². The molecule has 1 atom stereocenters. The predicted octanol–water partition coefficient (Wildman–Crippen LogP) is 5.34. The lowest BCUT2D eigenvalue weighted by atomic mass is 9.88. The molecule has 0 radical (unpaired) electrons. The Kier molecular flexibility index (Phi) is 6.84. The quantitative estimate of drug-likeness (QED) is 0.295. The van der Waals surface area contributed by atoms with Crippen molar-refractivity contribution >= 4 is 29.0 Å². The van der Waals surface area contributed by atoms with E-state index in [0.717, 1.165) is 24.4 Å². The number of hydrogen-bond acceptors (Lipinski definition) is 6. The van der Waals surface area contributed by atoms with Gasteiger partial charge in [0.2, 0.25) is 5.91 Å². The van der Waals surface area contributed by atoms with Gasteiger partial charge in [0.1, 0.15) is 5.82 Å². The summed E-state index contributed by atoms with van der Waals surface area (Å²) in [7, 11) is 0. The Balaban J connectivity index is 1.53. The summed E-state index contributed by atoms with van der Waals surface area (Å²) < 4.78 is 2.08. The first-order valence-electron chi connectivity index (χ1n) is 10.8. The first-order chi connectivity index (χ1) is 15.5. The summed E-state index contributed by atoms with van der Waals surface area (Å²) in [4.78, 5) is 23.1. The molecule has 1 aliphatic carbocycles. The lowest BCUT2D eigenvalue weighted by Gasteiger charge is -2.22. The van der Waals surface area contributed by atoms with Crippen LogP contribution in [-0.2, 0) is 4.79 Å². The molecule has 1 saturated carbocycles. The Hall–Kier alpha value is -3.20. The summed E-state index contributed by atoms with van der Waals surface area (Å²) in [6.45, 7) is 1.82. The van der Waals surface area contributed by atoms with Crippen LogP contribution in [0.2, 0.25) is 0 Å². The molecule has 1 aromatic heterocycles. The van der Waals surface area contributed by atoms with Crippen LogP contribution in [0, 0.1) is 10.1 Å². The number of aromatic nitrogens is 3. The van der Waals surface area contributed by atoms with Gasteiger partial charge in [-0.25, -0.2) is 0 Å². The first-order valence-corrected chi connectivity index (χ1v) is 11.6. The third-order valence-electron chi connectivity index (χ3n) is 5.64. The maximum Gasteiger partial charge on any atom is 0.269 e. The summed E-state index contributed by atoms with van der Waals surface area (Å²) in [6, 6.07) is 15.8. The third kappa shape index (κ3) is 4.99. The zero-order valence-electron chi connectivity index (χ0n) is 17.8. The molecule has 2 aromatic carbocycles. The number of nitro groups is 1. The molecular weight excluding hydrogens is 426 g/mol. The number of nitro benzene ring substituents is 1. The van der Waals surface area contributed by atoms with Gasteiger partial charge in [-0.3, -0.25) is 19.5 Å². The highest BCUT2D eigenvalue weighted by atomic mass is 32.2. The average Bonchev–Trinajstić information content (AvgIpc) is 3.24. The molecule has 32 heavy (non-hydrogen) atoms. The maximum atomic E-state index is 12.8. The molecule has 0 aliphatic heterocycles. The van der Waals surface area contributed by atoms with Gasteiger partial charge in [-0.2, -0.15) is 0 Å². The van der Waals surface area contributed by atoms with E-state index >= 15 is 0 Å². The van der Waals surface area contributed by atoms with Crippen LogP contribution < -0.4 is 5.32 Å². The zero-order valence-corrected chi connectivity index (χ0v) is 18.6. The molecule has 1 amide bonds. The van der Waals surface area contributed by atoms with Crippen LogP contribution in [0.25, 0.3) is 5.69 Å². The Morgan fingerprint density at radius 3 is 2.44 bits per heavy atom. The Bertz CT molecular complexity index is 1080. The average molecular weight is 452 g/mol. The topological polar surface area (TPSA) is 103 Å². The fraction of sp³-hybridized carbons (Fsp3) is 0.348. The zero-order chi connectivity index (χ0) is 22.5. The molecule has 166 valence electrons. The van der Waals surface area contributed by atoms with Crippen molar-refractivity contribution in [3.05, 3.63) is 70.5 Å². The number of anilines is 1. The molecule has 1 N–H and O–H groups in total. The van der Waals surface area contributed by atoms with Crippen molar-refractivity contribution in [1.29, 1.82) is 0 Å². The predicted molar refractivity (Wildman–Crippen MR) is 124 cm³/mol. The Morgan fingerprint density at radius 2 is 1.78 bits per heavy atom. The van der Waals surface area contributed by atoms with Crippen LogP contribution in [0.5, 0.6) is 0 Å². The fourth-order valence-electron chi connectivity index (χ4n) is 3.92. The van der Waals surface area contributed by atoms with E-state index < -0.39 is 10.2 Å². The number of thioether (sulfide) groups is 1. The maximum absolute atomic E-state index is 12.8. The minimum absolute atomic E-state index is 0.0170. The summed E-state index contributed by atoms with van der Waals surface area (Å²) in [5, 5.41) is 22.9. The Morgan fingerprint density at radius 1 is 1.09 bits per heavy atom. The molecule has 1 fully saturated rings. The van der Waals surface area contributed by atoms with Gasteiger partial charge in [-0.15, -0.1) is 10.2 Å². The van der Waals surface area contributed by atoms with Crippen LogP contribution in [0.15, 0.2) is 59.8 Å². The summed E-state index contributed by atoms with van der Waals surface area (Å²) in [6.07, 6.45) is 5.86. The monoisotopic (exact) mass is 451 g/mol. The Labute approximate surface area is 190 Å². The van der Waals surface area contributed by atoms with Crippen LogP contribution in [0.4, 0.5) is 11.4 Å². The molecule has 1 aliphatic rings. The highest BCUT2D eigenvalue weighted by Gasteiger charge is 2.26. The molecule has 0 spiro atoms. The number of carbonyl (C=O) groups is 1. The lowest BCUT2D eigenvalue weighted by molar-refractivity contribution is -0.384. The second kappa shape index (κ2) is 9.95. The van der Waals surface area contributed by atoms with Gasteiger partial charge in [0.15, 0.2) is 5.16 Å². The van der Waals surface area contributed by atoms with Crippen molar-refractivity contribution in [2.24, 2.45) is 0 Å². The van der Waals surface area contributed by atoms with Gasteiger partial charge in [0.05, 0.1) is 10.2 Å². The van der Waals surface area contributed by atoms with E-state index in [0.29, 0.717) is 16.8 Å². The van der Waals surface area contributed by atoms with Crippen molar-refractivity contribution in [2.75, 3.05) is 5.32 Å². The van der Waals surface area contributed by atoms with Crippen molar-refractivity contribution in [1.82, 2.24) is 14.8 Å². The fourth-order valence-corrected chi connectivity index (χ4v) is 4.80. The second-order valence-electron chi connectivity index (χ2n) is 7.90. The lowest BCUT2D eigenvalue weighted by Crippen LogP contribution is -2.23. The van der Waals surface area contributed by atoms with Crippen molar-refractivity contribution in [3.8, 4) is 5.69 Å². The highest BCUT2D eigenvalue weighted by Crippen LogP contribution is 2.35. The second-order valence-corrected chi connectivity index (χ2v) is 9.21. The largest absolute Gasteiger partial charge is 0.325 e. The van der Waals surface area contributed by atoms with E-state index in [1.807, 2.05) is 37.3 Å². The highest BCUT2D eigenvalue weighted by molar-refractivity contribution is 8.00. The normalized spacial score (nSPS) is 15.3. The number of rotatable bonds is 7. The van der Waals surface area contributed by atoms with Crippen molar-refractivity contribution in [2.45, 2.75) is 55.4 Å². The first kappa shape index (κ1) is 22.0. The van der Waals surface area contributed by atoms with Crippen LogP contribution in [0.3, 0.4) is 0 Å².